The summed E-state index contributed by atoms with van der Waals surface area (Å²) in [4.78, 5) is 28.5. The molecule has 1 amide bonds. The molecule has 0 fully saturated rings. The zero-order valence-corrected chi connectivity index (χ0v) is 13.3. The largest absolute Gasteiger partial charge is 0.347 e. The first-order valence-corrected chi connectivity index (χ1v) is 7.31. The first kappa shape index (κ1) is 15.2. The standard InChI is InChI=1S/C13H18N6OS/c1-18(2)12-15-10(16-13(17-12)19(3)4)7-14-11(20)9-5-6-21-8-9/h5-6,8H,7H2,1-4H3,(H,14,20). The highest BCUT2D eigenvalue weighted by Gasteiger charge is 2.11. The van der Waals surface area contributed by atoms with E-state index in [-0.39, 0.29) is 12.5 Å². The highest BCUT2D eigenvalue weighted by Crippen LogP contribution is 2.11. The Hall–Kier alpha value is -2.22. The zero-order valence-electron chi connectivity index (χ0n) is 12.5. The number of rotatable bonds is 5. The van der Waals surface area contributed by atoms with E-state index in [0.29, 0.717) is 23.3 Å². The molecule has 0 unspecified atom stereocenters. The van der Waals surface area contributed by atoms with Crippen LogP contribution in [0.25, 0.3) is 0 Å². The second kappa shape index (κ2) is 6.49. The van der Waals surface area contributed by atoms with Crippen LogP contribution in [-0.2, 0) is 6.54 Å². The lowest BCUT2D eigenvalue weighted by Crippen LogP contribution is -2.26. The van der Waals surface area contributed by atoms with Crippen molar-refractivity contribution in [3.05, 3.63) is 28.2 Å². The molecule has 2 aromatic rings. The SMILES string of the molecule is CN(C)c1nc(CNC(=O)c2ccsc2)nc(N(C)C)n1. The minimum absolute atomic E-state index is 0.130. The van der Waals surface area contributed by atoms with Crippen LogP contribution < -0.4 is 15.1 Å². The minimum Gasteiger partial charge on any atom is -0.347 e. The average Bonchev–Trinajstić information content (AvgIpc) is 2.98. The molecule has 0 aromatic carbocycles. The van der Waals surface area contributed by atoms with Crippen LogP contribution >= 0.6 is 11.3 Å². The van der Waals surface area contributed by atoms with E-state index in [1.54, 1.807) is 21.2 Å². The fourth-order valence-electron chi connectivity index (χ4n) is 1.53. The Labute approximate surface area is 127 Å². The molecule has 0 aliphatic carbocycles. The molecule has 112 valence electrons. The number of anilines is 2. The average molecular weight is 306 g/mol. The molecule has 0 radical (unpaired) electrons. The Morgan fingerprint density at radius 2 is 1.76 bits per heavy atom. The molecule has 0 saturated carbocycles. The number of amides is 1. The molecule has 2 rings (SSSR count). The van der Waals surface area contributed by atoms with Crippen LogP contribution in [0, 0.1) is 0 Å². The summed E-state index contributed by atoms with van der Waals surface area (Å²) in [6, 6.07) is 1.78. The smallest absolute Gasteiger partial charge is 0.252 e. The molecule has 0 bridgehead atoms. The van der Waals surface area contributed by atoms with Crippen molar-refractivity contribution in [1.29, 1.82) is 0 Å². The Morgan fingerprint density at radius 1 is 1.14 bits per heavy atom. The molecule has 8 heteroatoms. The second-order valence-corrected chi connectivity index (χ2v) is 5.62. The lowest BCUT2D eigenvalue weighted by molar-refractivity contribution is 0.0950. The summed E-state index contributed by atoms with van der Waals surface area (Å²) in [7, 11) is 7.45. The molecule has 21 heavy (non-hydrogen) atoms. The number of hydrogen-bond donors (Lipinski definition) is 1. The third-order valence-electron chi connectivity index (χ3n) is 2.65. The summed E-state index contributed by atoms with van der Waals surface area (Å²) >= 11 is 1.49. The van der Waals surface area contributed by atoms with Crippen molar-refractivity contribution in [1.82, 2.24) is 20.3 Å². The van der Waals surface area contributed by atoms with Gasteiger partial charge in [-0.2, -0.15) is 26.3 Å². The van der Waals surface area contributed by atoms with Crippen LogP contribution in [0.4, 0.5) is 11.9 Å². The zero-order chi connectivity index (χ0) is 15.4. The topological polar surface area (TPSA) is 74.2 Å². The van der Waals surface area contributed by atoms with Crippen LogP contribution in [0.1, 0.15) is 16.2 Å². The number of aromatic nitrogens is 3. The quantitative estimate of drug-likeness (QED) is 0.888. The van der Waals surface area contributed by atoms with Gasteiger partial charge >= 0.3 is 0 Å². The van der Waals surface area contributed by atoms with E-state index in [1.165, 1.54) is 11.3 Å². The van der Waals surface area contributed by atoms with E-state index >= 15 is 0 Å². The maximum atomic E-state index is 11.9. The first-order valence-electron chi connectivity index (χ1n) is 6.37. The number of hydrogen-bond acceptors (Lipinski definition) is 7. The van der Waals surface area contributed by atoms with Crippen LogP contribution in [0.2, 0.25) is 0 Å². The van der Waals surface area contributed by atoms with E-state index < -0.39 is 0 Å². The minimum atomic E-state index is -0.130. The predicted molar refractivity (Wildman–Crippen MR) is 84.0 cm³/mol. The maximum absolute atomic E-state index is 11.9. The van der Waals surface area contributed by atoms with E-state index in [9.17, 15) is 4.79 Å². The van der Waals surface area contributed by atoms with Crippen molar-refractivity contribution in [2.45, 2.75) is 6.54 Å². The van der Waals surface area contributed by atoms with Gasteiger partial charge < -0.3 is 15.1 Å². The van der Waals surface area contributed by atoms with Gasteiger partial charge in [0.15, 0.2) is 5.82 Å². The van der Waals surface area contributed by atoms with Gasteiger partial charge in [-0.25, -0.2) is 0 Å². The maximum Gasteiger partial charge on any atom is 0.252 e. The van der Waals surface area contributed by atoms with Gasteiger partial charge in [0, 0.05) is 39.1 Å². The number of nitrogens with zero attached hydrogens (tertiary/aromatic N) is 5. The van der Waals surface area contributed by atoms with Crippen molar-refractivity contribution in [2.24, 2.45) is 0 Å². The Balaban J connectivity index is 2.13. The Kier molecular flexibility index (Phi) is 4.69. The van der Waals surface area contributed by atoms with Crippen molar-refractivity contribution >= 4 is 29.1 Å². The van der Waals surface area contributed by atoms with Gasteiger partial charge in [-0.05, 0) is 11.4 Å². The van der Waals surface area contributed by atoms with Crippen molar-refractivity contribution in [3.8, 4) is 0 Å². The van der Waals surface area contributed by atoms with Gasteiger partial charge in [-0.3, -0.25) is 4.79 Å². The number of thiophene rings is 1. The molecule has 0 atom stereocenters. The number of nitrogens with one attached hydrogen (secondary N) is 1. The highest BCUT2D eigenvalue weighted by atomic mass is 32.1. The lowest BCUT2D eigenvalue weighted by atomic mass is 10.3. The molecule has 2 heterocycles. The highest BCUT2D eigenvalue weighted by molar-refractivity contribution is 7.08. The molecule has 0 aliphatic heterocycles. The fourth-order valence-corrected chi connectivity index (χ4v) is 2.17. The number of carbonyl (C=O) groups excluding carboxylic acids is 1. The lowest BCUT2D eigenvalue weighted by Gasteiger charge is -2.16. The monoisotopic (exact) mass is 306 g/mol. The summed E-state index contributed by atoms with van der Waals surface area (Å²) in [5, 5.41) is 6.48. The molecule has 1 N–H and O–H groups in total. The van der Waals surface area contributed by atoms with Crippen molar-refractivity contribution < 1.29 is 4.79 Å². The van der Waals surface area contributed by atoms with Gasteiger partial charge in [-0.15, -0.1) is 0 Å². The summed E-state index contributed by atoms with van der Waals surface area (Å²) < 4.78 is 0. The van der Waals surface area contributed by atoms with Crippen molar-refractivity contribution in [3.63, 3.8) is 0 Å². The summed E-state index contributed by atoms with van der Waals surface area (Å²) in [5.41, 5.74) is 0.648. The Morgan fingerprint density at radius 3 is 2.24 bits per heavy atom. The van der Waals surface area contributed by atoms with Gasteiger partial charge in [0.05, 0.1) is 6.54 Å². The third-order valence-corrected chi connectivity index (χ3v) is 3.33. The third kappa shape index (κ3) is 3.88. The predicted octanol–water partition coefficient (Wildman–Crippen LogP) is 0.995. The van der Waals surface area contributed by atoms with Crippen LogP contribution in [0.3, 0.4) is 0 Å². The summed E-state index contributed by atoms with van der Waals surface area (Å²) in [6.07, 6.45) is 0. The fraction of sp³-hybridized carbons (Fsp3) is 0.385. The van der Waals surface area contributed by atoms with Gasteiger partial charge in [0.1, 0.15) is 0 Å². The van der Waals surface area contributed by atoms with E-state index in [1.807, 2.05) is 33.6 Å². The van der Waals surface area contributed by atoms with Gasteiger partial charge in [-0.1, -0.05) is 0 Å². The molecule has 0 spiro atoms. The van der Waals surface area contributed by atoms with Crippen LogP contribution in [0.15, 0.2) is 16.8 Å². The summed E-state index contributed by atoms with van der Waals surface area (Å²) in [6.45, 7) is 0.263. The molecular weight excluding hydrogens is 288 g/mol. The van der Waals surface area contributed by atoms with E-state index in [2.05, 4.69) is 20.3 Å². The molecule has 2 aromatic heterocycles. The Bertz CT molecular complexity index is 585. The molecular formula is C13H18N6OS. The molecule has 7 nitrogen and oxygen atoms in total. The van der Waals surface area contributed by atoms with Gasteiger partial charge in [0.2, 0.25) is 11.9 Å². The first-order chi connectivity index (χ1) is 9.97. The second-order valence-electron chi connectivity index (χ2n) is 4.84. The van der Waals surface area contributed by atoms with Crippen molar-refractivity contribution in [2.75, 3.05) is 38.0 Å². The normalized spacial score (nSPS) is 10.3. The van der Waals surface area contributed by atoms with Gasteiger partial charge in [0.25, 0.3) is 5.91 Å². The van der Waals surface area contributed by atoms with E-state index in [0.717, 1.165) is 0 Å². The van der Waals surface area contributed by atoms with Crippen LogP contribution in [0.5, 0.6) is 0 Å². The van der Waals surface area contributed by atoms with E-state index in [4.69, 9.17) is 0 Å². The van der Waals surface area contributed by atoms with Crippen LogP contribution in [-0.4, -0.2) is 49.0 Å². The summed E-state index contributed by atoms with van der Waals surface area (Å²) in [5.74, 6) is 1.53. The molecule has 0 saturated heterocycles. The number of carbonyl (C=O) groups is 1. The molecule has 0 aliphatic rings.